The zero-order chi connectivity index (χ0) is 21.4. The van der Waals surface area contributed by atoms with E-state index in [1.54, 1.807) is 24.3 Å². The van der Waals surface area contributed by atoms with Gasteiger partial charge in [0.05, 0.1) is 23.3 Å². The molecule has 5 nitrogen and oxygen atoms in total. The van der Waals surface area contributed by atoms with Gasteiger partial charge in [-0.2, -0.15) is 13.2 Å². The largest absolute Gasteiger partial charge is 0.495 e. The van der Waals surface area contributed by atoms with Crippen molar-refractivity contribution in [3.63, 3.8) is 0 Å². The van der Waals surface area contributed by atoms with Crippen LogP contribution < -0.4 is 14.4 Å². The Morgan fingerprint density at radius 1 is 0.966 bits per heavy atom. The van der Waals surface area contributed by atoms with Crippen LogP contribution in [0.3, 0.4) is 0 Å². The molecule has 3 rings (SSSR count). The molecule has 0 radical (unpaired) electrons. The van der Waals surface area contributed by atoms with E-state index in [0.717, 1.165) is 17.8 Å². The van der Waals surface area contributed by atoms with Gasteiger partial charge in [0.15, 0.2) is 0 Å². The Bertz CT molecular complexity index is 1160. The lowest BCUT2D eigenvalue weighted by Gasteiger charge is -2.18. The van der Waals surface area contributed by atoms with Crippen molar-refractivity contribution >= 4 is 32.2 Å². The summed E-state index contributed by atoms with van der Waals surface area (Å²) in [7, 11) is 0.729. The molecule has 0 saturated carbocycles. The highest BCUT2D eigenvalue weighted by Crippen LogP contribution is 2.37. The van der Waals surface area contributed by atoms with E-state index in [1.165, 1.54) is 13.2 Å². The molecule has 0 aliphatic heterocycles. The lowest BCUT2D eigenvalue weighted by molar-refractivity contribution is -0.137. The monoisotopic (exact) mass is 424 g/mol. The first-order valence-corrected chi connectivity index (χ1v) is 10.00. The van der Waals surface area contributed by atoms with Gasteiger partial charge in [-0.25, -0.2) is 8.42 Å². The van der Waals surface area contributed by atoms with Crippen molar-refractivity contribution in [2.24, 2.45) is 0 Å². The molecule has 0 heterocycles. The predicted octanol–water partition coefficient (Wildman–Crippen LogP) is 4.73. The number of nitrogens with zero attached hydrogens (tertiary/aromatic N) is 1. The van der Waals surface area contributed by atoms with Crippen LogP contribution in [0.5, 0.6) is 5.75 Å². The fourth-order valence-electron chi connectivity index (χ4n) is 3.05. The van der Waals surface area contributed by atoms with E-state index in [9.17, 15) is 21.6 Å². The molecule has 3 aromatic carbocycles. The first-order chi connectivity index (χ1) is 13.5. The molecule has 0 aromatic heterocycles. The van der Waals surface area contributed by atoms with Gasteiger partial charge in [-0.1, -0.05) is 24.3 Å². The summed E-state index contributed by atoms with van der Waals surface area (Å²) in [5.74, 6) is -0.0178. The van der Waals surface area contributed by atoms with Crippen molar-refractivity contribution in [3.8, 4) is 5.75 Å². The van der Waals surface area contributed by atoms with Gasteiger partial charge in [-0.05, 0) is 30.3 Å². The summed E-state index contributed by atoms with van der Waals surface area (Å²) in [5, 5.41) is 1.16. The van der Waals surface area contributed by atoms with Gasteiger partial charge in [-0.15, -0.1) is 0 Å². The number of methoxy groups -OCH3 is 1. The van der Waals surface area contributed by atoms with E-state index in [4.69, 9.17) is 4.74 Å². The summed E-state index contributed by atoms with van der Waals surface area (Å²) in [4.78, 5) is 1.81. The maximum atomic E-state index is 13.1. The van der Waals surface area contributed by atoms with Crippen LogP contribution in [0.15, 0.2) is 59.5 Å². The highest BCUT2D eigenvalue weighted by molar-refractivity contribution is 7.93. The Kier molecular flexibility index (Phi) is 5.36. The second-order valence-electron chi connectivity index (χ2n) is 6.54. The standard InChI is InChI=1S/C20H19F3N2O3S/c1-25(2)17-8-4-7-15-14(17)6-5-9-19(15)29(26,27)24-16-12-13(20(21,22)23)10-11-18(16)28-3/h4-12,24H,1-3H3. The van der Waals surface area contributed by atoms with Gasteiger partial charge in [-0.3, -0.25) is 4.72 Å². The summed E-state index contributed by atoms with van der Waals surface area (Å²) < 4.78 is 72.6. The lowest BCUT2D eigenvalue weighted by Crippen LogP contribution is -2.16. The molecule has 0 amide bonds. The molecule has 3 aromatic rings. The zero-order valence-electron chi connectivity index (χ0n) is 15.9. The highest BCUT2D eigenvalue weighted by atomic mass is 32.2. The molecule has 9 heteroatoms. The second-order valence-corrected chi connectivity index (χ2v) is 8.19. The van der Waals surface area contributed by atoms with Gasteiger partial charge in [0.2, 0.25) is 0 Å². The first kappa shape index (κ1) is 20.8. The molecular weight excluding hydrogens is 405 g/mol. The third-order valence-corrected chi connectivity index (χ3v) is 5.83. The molecule has 0 saturated heterocycles. The number of ether oxygens (including phenoxy) is 1. The molecule has 154 valence electrons. The van der Waals surface area contributed by atoms with E-state index in [-0.39, 0.29) is 16.3 Å². The molecular formula is C20H19F3N2O3S. The molecule has 1 N–H and O–H groups in total. The Labute approximate surface area is 166 Å². The zero-order valence-corrected chi connectivity index (χ0v) is 16.7. The van der Waals surface area contributed by atoms with Crippen LogP contribution >= 0.6 is 0 Å². The van der Waals surface area contributed by atoms with Gasteiger partial charge in [0, 0.05) is 30.6 Å². The van der Waals surface area contributed by atoms with E-state index in [0.29, 0.717) is 16.8 Å². The summed E-state index contributed by atoms with van der Waals surface area (Å²) >= 11 is 0. The lowest BCUT2D eigenvalue weighted by atomic mass is 10.1. The van der Waals surface area contributed by atoms with E-state index >= 15 is 0 Å². The maximum Gasteiger partial charge on any atom is 0.416 e. The molecule has 0 bridgehead atoms. The number of anilines is 2. The van der Waals surface area contributed by atoms with Crippen LogP contribution in [0.1, 0.15) is 5.56 Å². The van der Waals surface area contributed by atoms with Crippen molar-refractivity contribution in [2.45, 2.75) is 11.1 Å². The molecule has 0 aliphatic rings. The third kappa shape index (κ3) is 4.09. The van der Waals surface area contributed by atoms with Gasteiger partial charge in [0.25, 0.3) is 10.0 Å². The van der Waals surface area contributed by atoms with Crippen molar-refractivity contribution in [3.05, 3.63) is 60.2 Å². The summed E-state index contributed by atoms with van der Waals surface area (Å²) in [6.45, 7) is 0. The SMILES string of the molecule is COc1ccc(C(F)(F)F)cc1NS(=O)(=O)c1cccc2c(N(C)C)cccc12. The minimum absolute atomic E-state index is 0.0178. The van der Waals surface area contributed by atoms with Crippen LogP contribution in [0, 0.1) is 0 Å². The average Bonchev–Trinajstić information content (AvgIpc) is 2.65. The first-order valence-electron chi connectivity index (χ1n) is 8.52. The number of halogens is 3. The smallest absolute Gasteiger partial charge is 0.416 e. The van der Waals surface area contributed by atoms with Crippen molar-refractivity contribution < 1.29 is 26.3 Å². The quantitative estimate of drug-likeness (QED) is 0.643. The Hall–Kier alpha value is -2.94. The fourth-order valence-corrected chi connectivity index (χ4v) is 4.34. The van der Waals surface area contributed by atoms with Gasteiger partial charge < -0.3 is 9.64 Å². The Morgan fingerprint density at radius 3 is 2.24 bits per heavy atom. The number of sulfonamides is 1. The predicted molar refractivity (Wildman–Crippen MR) is 107 cm³/mol. The summed E-state index contributed by atoms with van der Waals surface area (Å²) in [6, 6.07) is 12.6. The number of fused-ring (bicyclic) bond motifs is 1. The summed E-state index contributed by atoms with van der Waals surface area (Å²) in [6.07, 6.45) is -4.62. The number of nitrogens with one attached hydrogen (secondary N) is 1. The van der Waals surface area contributed by atoms with E-state index < -0.39 is 21.8 Å². The molecule has 29 heavy (non-hydrogen) atoms. The number of rotatable bonds is 5. The van der Waals surface area contributed by atoms with Crippen LogP contribution in [0.2, 0.25) is 0 Å². The molecule has 0 aliphatic carbocycles. The van der Waals surface area contributed by atoms with Gasteiger partial charge in [0.1, 0.15) is 5.75 Å². The molecule has 0 fully saturated rings. The third-order valence-electron chi connectivity index (χ3n) is 4.40. The minimum atomic E-state index is -4.62. The summed E-state index contributed by atoms with van der Waals surface area (Å²) in [5.41, 5.74) is -0.455. The molecule has 0 unspecified atom stereocenters. The number of benzene rings is 3. The van der Waals surface area contributed by atoms with Crippen LogP contribution in [-0.4, -0.2) is 29.6 Å². The normalized spacial score (nSPS) is 12.1. The van der Waals surface area contributed by atoms with Crippen molar-refractivity contribution in [2.75, 3.05) is 30.8 Å². The minimum Gasteiger partial charge on any atom is -0.495 e. The van der Waals surface area contributed by atoms with Gasteiger partial charge >= 0.3 is 6.18 Å². The van der Waals surface area contributed by atoms with Crippen LogP contribution in [0.4, 0.5) is 24.5 Å². The Morgan fingerprint density at radius 2 is 1.62 bits per heavy atom. The highest BCUT2D eigenvalue weighted by Gasteiger charge is 2.32. The number of hydrogen-bond acceptors (Lipinski definition) is 4. The van der Waals surface area contributed by atoms with E-state index in [2.05, 4.69) is 4.72 Å². The fraction of sp³-hybridized carbons (Fsp3) is 0.200. The van der Waals surface area contributed by atoms with Crippen LogP contribution in [0.25, 0.3) is 10.8 Å². The Balaban J connectivity index is 2.13. The average molecular weight is 424 g/mol. The van der Waals surface area contributed by atoms with Crippen LogP contribution in [-0.2, 0) is 16.2 Å². The number of alkyl halides is 3. The van der Waals surface area contributed by atoms with E-state index in [1.807, 2.05) is 25.1 Å². The molecule has 0 atom stereocenters. The topological polar surface area (TPSA) is 58.6 Å². The maximum absolute atomic E-state index is 13.1. The van der Waals surface area contributed by atoms with Crippen molar-refractivity contribution in [1.82, 2.24) is 0 Å². The second kappa shape index (κ2) is 7.47. The molecule has 0 spiro atoms. The van der Waals surface area contributed by atoms with Crippen molar-refractivity contribution in [1.29, 1.82) is 0 Å². The number of hydrogen-bond donors (Lipinski definition) is 1.